The van der Waals surface area contributed by atoms with E-state index in [2.05, 4.69) is 9.97 Å². The summed E-state index contributed by atoms with van der Waals surface area (Å²) < 4.78 is 0. The molecule has 0 radical (unpaired) electrons. The van der Waals surface area contributed by atoms with Gasteiger partial charge in [-0.2, -0.15) is 0 Å². The molecule has 2 heterocycles. The number of rotatable bonds is 3. The number of amides is 2. The Bertz CT molecular complexity index is 767. The van der Waals surface area contributed by atoms with E-state index in [0.717, 1.165) is 12.8 Å². The second kappa shape index (κ2) is 4.88. The Morgan fingerprint density at radius 1 is 1.09 bits per heavy atom. The van der Waals surface area contributed by atoms with Crippen LogP contribution in [0.2, 0.25) is 5.15 Å². The Hall–Kier alpha value is -2.27. The van der Waals surface area contributed by atoms with E-state index in [-0.39, 0.29) is 18.4 Å². The van der Waals surface area contributed by atoms with Crippen molar-refractivity contribution in [2.45, 2.75) is 25.3 Å². The molecule has 1 aromatic carbocycles. The summed E-state index contributed by atoms with van der Waals surface area (Å²) >= 11 is 6.03. The van der Waals surface area contributed by atoms with Gasteiger partial charge in [0.05, 0.1) is 23.4 Å². The summed E-state index contributed by atoms with van der Waals surface area (Å²) in [7, 11) is 0. The zero-order valence-corrected chi connectivity index (χ0v) is 12.4. The largest absolute Gasteiger partial charge is 0.269 e. The number of carbonyl (C=O) groups is 2. The van der Waals surface area contributed by atoms with Crippen LogP contribution in [-0.2, 0) is 6.54 Å². The normalized spacial score (nSPS) is 17.0. The Labute approximate surface area is 131 Å². The Kier molecular flexibility index (Phi) is 2.97. The molecular weight excluding hydrogens is 302 g/mol. The van der Waals surface area contributed by atoms with Gasteiger partial charge in [-0.15, -0.1) is 0 Å². The lowest BCUT2D eigenvalue weighted by atomic mass is 10.1. The fourth-order valence-corrected chi connectivity index (χ4v) is 2.85. The summed E-state index contributed by atoms with van der Waals surface area (Å²) in [5.41, 5.74) is 1.47. The van der Waals surface area contributed by atoms with Gasteiger partial charge in [0.2, 0.25) is 0 Å². The van der Waals surface area contributed by atoms with E-state index in [4.69, 9.17) is 11.6 Å². The number of halogens is 1. The molecule has 1 fully saturated rings. The first-order chi connectivity index (χ1) is 10.6. The van der Waals surface area contributed by atoms with Crippen LogP contribution in [0.15, 0.2) is 30.3 Å². The topological polar surface area (TPSA) is 63.2 Å². The first kappa shape index (κ1) is 13.4. The summed E-state index contributed by atoms with van der Waals surface area (Å²) in [6.07, 6.45) is 2.12. The zero-order valence-electron chi connectivity index (χ0n) is 11.6. The molecule has 1 saturated carbocycles. The molecule has 110 valence electrons. The van der Waals surface area contributed by atoms with Gasteiger partial charge in [0.1, 0.15) is 11.0 Å². The molecule has 1 aromatic heterocycles. The molecule has 0 unspecified atom stereocenters. The van der Waals surface area contributed by atoms with E-state index in [1.54, 1.807) is 30.3 Å². The predicted octanol–water partition coefficient (Wildman–Crippen LogP) is 2.80. The summed E-state index contributed by atoms with van der Waals surface area (Å²) in [6.45, 7) is 0.119. The quantitative estimate of drug-likeness (QED) is 0.645. The van der Waals surface area contributed by atoms with E-state index in [0.29, 0.717) is 33.7 Å². The molecule has 0 saturated heterocycles. The van der Waals surface area contributed by atoms with Gasteiger partial charge >= 0.3 is 0 Å². The number of nitrogens with zero attached hydrogens (tertiary/aromatic N) is 3. The van der Waals surface area contributed by atoms with Crippen molar-refractivity contribution in [1.82, 2.24) is 14.9 Å². The highest BCUT2D eigenvalue weighted by molar-refractivity contribution is 6.29. The number of imide groups is 1. The fraction of sp³-hybridized carbons (Fsp3) is 0.250. The number of aromatic nitrogens is 2. The van der Waals surface area contributed by atoms with Crippen LogP contribution in [-0.4, -0.2) is 26.7 Å². The predicted molar refractivity (Wildman–Crippen MR) is 79.7 cm³/mol. The van der Waals surface area contributed by atoms with E-state index in [9.17, 15) is 9.59 Å². The number of benzene rings is 1. The van der Waals surface area contributed by atoms with Gasteiger partial charge in [-0.25, -0.2) is 9.97 Å². The third-order valence-corrected chi connectivity index (χ3v) is 4.10. The molecule has 5 nitrogen and oxygen atoms in total. The highest BCUT2D eigenvalue weighted by Gasteiger charge is 2.35. The molecule has 2 amide bonds. The number of fused-ring (bicyclic) bond motifs is 1. The van der Waals surface area contributed by atoms with E-state index >= 15 is 0 Å². The summed E-state index contributed by atoms with van der Waals surface area (Å²) in [5, 5.41) is 0.350. The highest BCUT2D eigenvalue weighted by atomic mass is 35.5. The fourth-order valence-electron chi connectivity index (χ4n) is 2.63. The minimum atomic E-state index is -0.289. The lowest BCUT2D eigenvalue weighted by molar-refractivity contribution is 0.0640. The summed E-state index contributed by atoms with van der Waals surface area (Å²) in [6, 6.07) is 8.44. The monoisotopic (exact) mass is 313 g/mol. The smallest absolute Gasteiger partial charge is 0.261 e. The highest BCUT2D eigenvalue weighted by Crippen LogP contribution is 2.38. The van der Waals surface area contributed by atoms with Gasteiger partial charge in [0, 0.05) is 5.92 Å². The van der Waals surface area contributed by atoms with Crippen LogP contribution in [0.4, 0.5) is 0 Å². The van der Waals surface area contributed by atoms with Gasteiger partial charge in [-0.1, -0.05) is 23.7 Å². The van der Waals surface area contributed by atoms with Gasteiger partial charge < -0.3 is 0 Å². The molecule has 0 atom stereocenters. The molecular formula is C16H12ClN3O2. The molecule has 4 rings (SSSR count). The lowest BCUT2D eigenvalue weighted by Crippen LogP contribution is -2.29. The van der Waals surface area contributed by atoms with Crippen molar-refractivity contribution in [3.63, 3.8) is 0 Å². The number of carbonyl (C=O) groups excluding carboxylic acids is 2. The molecule has 2 aliphatic rings. The first-order valence-corrected chi connectivity index (χ1v) is 7.50. The van der Waals surface area contributed by atoms with Crippen LogP contribution in [0.25, 0.3) is 0 Å². The third kappa shape index (κ3) is 2.18. The maximum Gasteiger partial charge on any atom is 0.261 e. The van der Waals surface area contributed by atoms with Crippen molar-refractivity contribution in [2.75, 3.05) is 0 Å². The second-order valence-corrected chi connectivity index (χ2v) is 5.94. The van der Waals surface area contributed by atoms with Crippen molar-refractivity contribution in [3.05, 3.63) is 58.1 Å². The van der Waals surface area contributed by atoms with Crippen molar-refractivity contribution in [3.8, 4) is 0 Å². The first-order valence-electron chi connectivity index (χ1n) is 7.12. The van der Waals surface area contributed by atoms with Crippen LogP contribution >= 0.6 is 11.6 Å². The molecule has 1 aliphatic heterocycles. The molecule has 22 heavy (non-hydrogen) atoms. The van der Waals surface area contributed by atoms with E-state index in [1.165, 1.54) is 4.90 Å². The Morgan fingerprint density at radius 2 is 1.73 bits per heavy atom. The second-order valence-electron chi connectivity index (χ2n) is 5.56. The van der Waals surface area contributed by atoms with E-state index < -0.39 is 0 Å². The lowest BCUT2D eigenvalue weighted by Gasteiger charge is -2.14. The van der Waals surface area contributed by atoms with Crippen LogP contribution in [0.3, 0.4) is 0 Å². The maximum absolute atomic E-state index is 12.4. The average Bonchev–Trinajstić information content (AvgIpc) is 3.32. The van der Waals surface area contributed by atoms with Crippen LogP contribution in [0.5, 0.6) is 0 Å². The van der Waals surface area contributed by atoms with E-state index in [1.807, 2.05) is 0 Å². The van der Waals surface area contributed by atoms with Crippen molar-refractivity contribution in [2.24, 2.45) is 0 Å². The Morgan fingerprint density at radius 3 is 2.32 bits per heavy atom. The molecule has 0 bridgehead atoms. The minimum absolute atomic E-state index is 0.119. The van der Waals surface area contributed by atoms with Gasteiger partial charge in [0.25, 0.3) is 11.8 Å². The standard InChI is InChI=1S/C16H12ClN3O2/c17-13-7-10(18-14(19-13)9-5-6-9)8-20-15(21)11-3-1-2-4-12(11)16(20)22/h1-4,7,9H,5-6,8H2. The average molecular weight is 314 g/mol. The van der Waals surface area contributed by atoms with Crippen molar-refractivity contribution in [1.29, 1.82) is 0 Å². The molecule has 0 N–H and O–H groups in total. The SMILES string of the molecule is O=C1c2ccccc2C(=O)N1Cc1cc(Cl)nc(C2CC2)n1. The van der Waals surface area contributed by atoms with Crippen molar-refractivity contribution < 1.29 is 9.59 Å². The molecule has 6 heteroatoms. The Balaban J connectivity index is 1.65. The maximum atomic E-state index is 12.4. The minimum Gasteiger partial charge on any atom is -0.269 e. The third-order valence-electron chi connectivity index (χ3n) is 3.91. The number of hydrogen-bond acceptors (Lipinski definition) is 4. The van der Waals surface area contributed by atoms with Crippen LogP contribution in [0, 0.1) is 0 Å². The van der Waals surface area contributed by atoms with Gasteiger partial charge in [-0.3, -0.25) is 14.5 Å². The molecule has 2 aromatic rings. The summed E-state index contributed by atoms with van der Waals surface area (Å²) in [5.74, 6) is 0.491. The molecule has 0 spiro atoms. The van der Waals surface area contributed by atoms with Gasteiger partial charge in [0.15, 0.2) is 0 Å². The van der Waals surface area contributed by atoms with Crippen molar-refractivity contribution >= 4 is 23.4 Å². The summed E-state index contributed by atoms with van der Waals surface area (Å²) in [4.78, 5) is 34.6. The van der Waals surface area contributed by atoms with Crippen LogP contribution < -0.4 is 0 Å². The number of hydrogen-bond donors (Lipinski definition) is 0. The van der Waals surface area contributed by atoms with Crippen LogP contribution in [0.1, 0.15) is 51.0 Å². The zero-order chi connectivity index (χ0) is 15.3. The molecule has 1 aliphatic carbocycles. The van der Waals surface area contributed by atoms with Gasteiger partial charge in [-0.05, 0) is 31.0 Å².